The Morgan fingerprint density at radius 1 is 1.25 bits per heavy atom. The Hall–Kier alpha value is -1.89. The summed E-state index contributed by atoms with van der Waals surface area (Å²) in [7, 11) is 0. The fraction of sp³-hybridized carbons (Fsp3) is 0.385. The SMILES string of the molecule is Cc1ccc(Cc2noc(CC(O)C(F)(F)F)n2)cc1. The van der Waals surface area contributed by atoms with E-state index < -0.39 is 18.7 Å². The van der Waals surface area contributed by atoms with E-state index in [4.69, 9.17) is 9.63 Å². The van der Waals surface area contributed by atoms with Gasteiger partial charge in [-0.2, -0.15) is 18.2 Å². The van der Waals surface area contributed by atoms with E-state index in [9.17, 15) is 13.2 Å². The van der Waals surface area contributed by atoms with E-state index in [0.29, 0.717) is 12.2 Å². The number of aliphatic hydroxyl groups excluding tert-OH is 1. The lowest BCUT2D eigenvalue weighted by molar-refractivity contribution is -0.204. The quantitative estimate of drug-likeness (QED) is 0.937. The van der Waals surface area contributed by atoms with Gasteiger partial charge in [0.2, 0.25) is 5.89 Å². The zero-order chi connectivity index (χ0) is 14.8. The summed E-state index contributed by atoms with van der Waals surface area (Å²) in [5.74, 6) is 0.0650. The molecule has 1 atom stereocenters. The second-order valence-electron chi connectivity index (χ2n) is 4.53. The number of nitrogens with zero attached hydrogens (tertiary/aromatic N) is 2. The maximum atomic E-state index is 12.2. The minimum Gasteiger partial charge on any atom is -0.383 e. The van der Waals surface area contributed by atoms with Crippen molar-refractivity contribution in [2.45, 2.75) is 32.0 Å². The molecule has 1 unspecified atom stereocenters. The normalized spacial score (nSPS) is 13.4. The van der Waals surface area contributed by atoms with Crippen LogP contribution in [0.1, 0.15) is 22.8 Å². The standard InChI is InChI=1S/C13H13F3N2O2/c1-8-2-4-9(5-3-8)6-11-17-12(20-18-11)7-10(19)13(14,15)16/h2-5,10,19H,6-7H2,1H3. The Labute approximate surface area is 113 Å². The fourth-order valence-electron chi connectivity index (χ4n) is 1.61. The number of rotatable bonds is 4. The lowest BCUT2D eigenvalue weighted by atomic mass is 10.1. The molecule has 1 aromatic heterocycles. The molecule has 0 radical (unpaired) electrons. The van der Waals surface area contributed by atoms with Crippen LogP contribution < -0.4 is 0 Å². The van der Waals surface area contributed by atoms with E-state index in [2.05, 4.69) is 10.1 Å². The van der Waals surface area contributed by atoms with Gasteiger partial charge in [0.1, 0.15) is 0 Å². The van der Waals surface area contributed by atoms with Gasteiger partial charge >= 0.3 is 6.18 Å². The Bertz CT molecular complexity index is 564. The van der Waals surface area contributed by atoms with Crippen molar-refractivity contribution in [1.29, 1.82) is 0 Å². The van der Waals surface area contributed by atoms with E-state index in [1.165, 1.54) is 0 Å². The topological polar surface area (TPSA) is 59.2 Å². The van der Waals surface area contributed by atoms with Crippen LogP contribution in [0, 0.1) is 6.92 Å². The van der Waals surface area contributed by atoms with Gasteiger partial charge in [-0.15, -0.1) is 0 Å². The number of hydrogen-bond donors (Lipinski definition) is 1. The van der Waals surface area contributed by atoms with Crippen LogP contribution in [-0.4, -0.2) is 27.5 Å². The first-order valence-electron chi connectivity index (χ1n) is 5.96. The highest BCUT2D eigenvalue weighted by Crippen LogP contribution is 2.22. The third-order valence-corrected chi connectivity index (χ3v) is 2.74. The van der Waals surface area contributed by atoms with Crippen LogP contribution in [0.2, 0.25) is 0 Å². The van der Waals surface area contributed by atoms with E-state index in [0.717, 1.165) is 11.1 Å². The Balaban J connectivity index is 2.00. The minimum absolute atomic E-state index is 0.225. The molecule has 2 aromatic rings. The molecule has 0 aliphatic heterocycles. The smallest absolute Gasteiger partial charge is 0.383 e. The molecule has 0 aliphatic carbocycles. The van der Waals surface area contributed by atoms with Crippen molar-refractivity contribution in [3.63, 3.8) is 0 Å². The molecule has 4 nitrogen and oxygen atoms in total. The summed E-state index contributed by atoms with van der Waals surface area (Å²) < 4.78 is 41.3. The lowest BCUT2D eigenvalue weighted by Gasteiger charge is -2.11. The van der Waals surface area contributed by atoms with Gasteiger partial charge < -0.3 is 9.63 Å². The van der Waals surface area contributed by atoms with Gasteiger partial charge in [-0.3, -0.25) is 0 Å². The van der Waals surface area contributed by atoms with Crippen LogP contribution in [0.25, 0.3) is 0 Å². The molecular formula is C13H13F3N2O2. The van der Waals surface area contributed by atoms with E-state index in [-0.39, 0.29) is 5.89 Å². The monoisotopic (exact) mass is 286 g/mol. The van der Waals surface area contributed by atoms with Crippen LogP contribution in [0.4, 0.5) is 13.2 Å². The fourth-order valence-corrected chi connectivity index (χ4v) is 1.61. The van der Waals surface area contributed by atoms with Crippen molar-refractivity contribution < 1.29 is 22.8 Å². The van der Waals surface area contributed by atoms with Gasteiger partial charge in [-0.1, -0.05) is 35.0 Å². The molecule has 2 rings (SSSR count). The summed E-state index contributed by atoms with van der Waals surface area (Å²) in [5.41, 5.74) is 2.04. The van der Waals surface area contributed by atoms with E-state index in [1.807, 2.05) is 31.2 Å². The van der Waals surface area contributed by atoms with Gasteiger partial charge in [0.15, 0.2) is 11.9 Å². The van der Waals surface area contributed by atoms with Crippen LogP contribution in [0.5, 0.6) is 0 Å². The second kappa shape index (κ2) is 5.62. The molecular weight excluding hydrogens is 273 g/mol. The second-order valence-corrected chi connectivity index (χ2v) is 4.53. The van der Waals surface area contributed by atoms with Crippen LogP contribution in [0.15, 0.2) is 28.8 Å². The molecule has 0 bridgehead atoms. The number of halogens is 3. The Kier molecular flexibility index (Phi) is 4.08. The van der Waals surface area contributed by atoms with Crippen molar-refractivity contribution in [2.24, 2.45) is 0 Å². The highest BCUT2D eigenvalue weighted by molar-refractivity contribution is 5.23. The molecule has 0 saturated heterocycles. The maximum absolute atomic E-state index is 12.2. The van der Waals surface area contributed by atoms with Crippen molar-refractivity contribution in [3.05, 3.63) is 47.1 Å². The first-order chi connectivity index (χ1) is 9.34. The summed E-state index contributed by atoms with van der Waals surface area (Å²) in [6.45, 7) is 1.95. The van der Waals surface area contributed by atoms with Crippen molar-refractivity contribution in [3.8, 4) is 0 Å². The average Bonchev–Trinajstić information content (AvgIpc) is 2.78. The molecule has 0 saturated carbocycles. The van der Waals surface area contributed by atoms with E-state index >= 15 is 0 Å². The summed E-state index contributed by atoms with van der Waals surface area (Å²) in [4.78, 5) is 3.84. The van der Waals surface area contributed by atoms with Crippen LogP contribution in [0.3, 0.4) is 0 Å². The zero-order valence-corrected chi connectivity index (χ0v) is 10.7. The molecule has 1 heterocycles. The highest BCUT2D eigenvalue weighted by Gasteiger charge is 2.39. The number of alkyl halides is 3. The Morgan fingerprint density at radius 3 is 2.50 bits per heavy atom. The lowest BCUT2D eigenvalue weighted by Crippen LogP contribution is -2.30. The molecule has 0 spiro atoms. The highest BCUT2D eigenvalue weighted by atomic mass is 19.4. The predicted molar refractivity (Wildman–Crippen MR) is 64.0 cm³/mol. The third kappa shape index (κ3) is 3.80. The number of aromatic nitrogens is 2. The van der Waals surface area contributed by atoms with Crippen molar-refractivity contribution >= 4 is 0 Å². The molecule has 7 heteroatoms. The first kappa shape index (κ1) is 14.5. The first-order valence-corrected chi connectivity index (χ1v) is 5.96. The number of aliphatic hydroxyl groups is 1. The largest absolute Gasteiger partial charge is 0.414 e. The molecule has 1 N–H and O–H groups in total. The molecule has 1 aromatic carbocycles. The predicted octanol–water partition coefficient (Wildman–Crippen LogP) is 2.43. The average molecular weight is 286 g/mol. The molecule has 0 amide bonds. The maximum Gasteiger partial charge on any atom is 0.414 e. The summed E-state index contributed by atoms with van der Waals surface area (Å²) in [6.07, 6.45) is -7.54. The number of aryl methyl sites for hydroxylation is 1. The molecule has 108 valence electrons. The molecule has 0 fully saturated rings. The Morgan fingerprint density at radius 2 is 1.90 bits per heavy atom. The van der Waals surface area contributed by atoms with Crippen molar-refractivity contribution in [1.82, 2.24) is 10.1 Å². The van der Waals surface area contributed by atoms with Crippen LogP contribution in [-0.2, 0) is 12.8 Å². The zero-order valence-electron chi connectivity index (χ0n) is 10.7. The minimum atomic E-state index is -4.69. The van der Waals surface area contributed by atoms with E-state index in [1.54, 1.807) is 0 Å². The van der Waals surface area contributed by atoms with Gasteiger partial charge in [-0.05, 0) is 12.5 Å². The van der Waals surface area contributed by atoms with Crippen LogP contribution >= 0.6 is 0 Å². The van der Waals surface area contributed by atoms with Gasteiger partial charge in [-0.25, -0.2) is 0 Å². The summed E-state index contributed by atoms with van der Waals surface area (Å²) in [5, 5.41) is 12.5. The molecule has 0 aliphatic rings. The number of benzene rings is 1. The molecule has 20 heavy (non-hydrogen) atoms. The summed E-state index contributed by atoms with van der Waals surface area (Å²) >= 11 is 0. The number of hydrogen-bond acceptors (Lipinski definition) is 4. The third-order valence-electron chi connectivity index (χ3n) is 2.74. The van der Waals surface area contributed by atoms with Gasteiger partial charge in [0.05, 0.1) is 6.42 Å². The van der Waals surface area contributed by atoms with Gasteiger partial charge in [0, 0.05) is 6.42 Å². The van der Waals surface area contributed by atoms with Crippen molar-refractivity contribution in [2.75, 3.05) is 0 Å². The van der Waals surface area contributed by atoms with Gasteiger partial charge in [0.25, 0.3) is 0 Å². The summed E-state index contributed by atoms with van der Waals surface area (Å²) in [6, 6.07) is 7.61.